The maximum absolute atomic E-state index is 11.5. The van der Waals surface area contributed by atoms with Gasteiger partial charge in [0.25, 0.3) is 16.0 Å². The fourth-order valence-electron chi connectivity index (χ4n) is 2.66. The van der Waals surface area contributed by atoms with Gasteiger partial charge in [-0.3, -0.25) is 4.79 Å². The summed E-state index contributed by atoms with van der Waals surface area (Å²) in [7, 11) is -3.68. The van der Waals surface area contributed by atoms with E-state index in [0.717, 1.165) is 25.3 Å². The number of hydrogen-bond acceptors (Lipinski definition) is 4. The van der Waals surface area contributed by atoms with Crippen molar-refractivity contribution < 1.29 is 48.5 Å². The molecule has 0 spiro atoms. The summed E-state index contributed by atoms with van der Waals surface area (Å²) in [5, 5.41) is 0. The molecule has 0 saturated heterocycles. The molecule has 5 nitrogen and oxygen atoms in total. The minimum Gasteiger partial charge on any atom is -1.00 e. The van der Waals surface area contributed by atoms with Crippen LogP contribution in [0.4, 0.5) is 0 Å². The Morgan fingerprint density at radius 3 is 1.65 bits per heavy atom. The summed E-state index contributed by atoms with van der Waals surface area (Å²) in [6.07, 6.45) is 18.0. The largest absolute Gasteiger partial charge is 1.00 e. The van der Waals surface area contributed by atoms with E-state index < -0.39 is 16.0 Å². The summed E-state index contributed by atoms with van der Waals surface area (Å²) in [6, 6.07) is 0. The van der Waals surface area contributed by atoms with Crippen LogP contribution in [0.15, 0.2) is 12.7 Å². The molecule has 0 aliphatic carbocycles. The average Bonchev–Trinajstić information content (AvgIpc) is 2.60. The van der Waals surface area contributed by atoms with E-state index in [1.54, 1.807) is 0 Å². The monoisotopic (exact) mass is 399 g/mol. The summed E-state index contributed by atoms with van der Waals surface area (Å²) < 4.78 is 27.4. The predicted molar refractivity (Wildman–Crippen MR) is 105 cm³/mol. The Kier molecular flexibility index (Phi) is 21.7. The Balaban J connectivity index is -0.00000288. The normalized spacial score (nSPS) is 11.0. The molecule has 0 unspecified atom stereocenters. The van der Waals surface area contributed by atoms with Crippen molar-refractivity contribution >= 4 is 16.0 Å². The van der Waals surface area contributed by atoms with Crippen molar-refractivity contribution in [2.75, 3.05) is 5.75 Å². The van der Waals surface area contributed by atoms with Gasteiger partial charge in [0.1, 0.15) is 0 Å². The van der Waals surface area contributed by atoms with Gasteiger partial charge in [0.2, 0.25) is 0 Å². The summed E-state index contributed by atoms with van der Waals surface area (Å²) in [5.41, 5.74) is 1.83. The molecule has 0 aromatic carbocycles. The predicted octanol–water partition coefficient (Wildman–Crippen LogP) is 2.15. The quantitative estimate of drug-likeness (QED) is 0.166. The molecule has 150 valence electrons. The zero-order valence-electron chi connectivity index (χ0n) is 17.9. The second-order valence-electron chi connectivity index (χ2n) is 6.61. The number of hydroxylamine groups is 1. The Hall–Kier alpha value is 0.120. The third kappa shape index (κ3) is 20.4. The molecule has 0 aromatic heterocycles. The molecule has 1 amide bonds. The molecule has 0 heterocycles. The van der Waals surface area contributed by atoms with Crippen molar-refractivity contribution in [1.82, 2.24) is 5.48 Å². The second kappa shape index (κ2) is 19.9. The van der Waals surface area contributed by atoms with E-state index in [1.807, 2.05) is 5.48 Å². The average molecular weight is 400 g/mol. The molecule has 0 aliphatic heterocycles. The fraction of sp³-hybridized carbons (Fsp3) is 0.842. The van der Waals surface area contributed by atoms with Gasteiger partial charge >= 0.3 is 29.6 Å². The molecule has 1 N–H and O–H groups in total. The Morgan fingerprint density at radius 1 is 0.885 bits per heavy atom. The van der Waals surface area contributed by atoms with Crippen LogP contribution in [0.2, 0.25) is 0 Å². The van der Waals surface area contributed by atoms with Crippen molar-refractivity contribution in [1.29, 1.82) is 0 Å². The fourth-order valence-corrected chi connectivity index (χ4v) is 3.51. The van der Waals surface area contributed by atoms with Gasteiger partial charge in [-0.1, -0.05) is 97.0 Å². The Labute approximate surface area is 184 Å². The van der Waals surface area contributed by atoms with Crippen LogP contribution in [0, 0.1) is 0 Å². The van der Waals surface area contributed by atoms with Crippen molar-refractivity contribution in [2.45, 2.75) is 96.8 Å². The number of amides is 1. The number of carbonyl (C=O) groups excluding carboxylic acids is 1. The van der Waals surface area contributed by atoms with Gasteiger partial charge in [0, 0.05) is 0 Å². The van der Waals surface area contributed by atoms with Gasteiger partial charge in [0.15, 0.2) is 0 Å². The number of carbonyl (C=O) groups is 1. The topological polar surface area (TPSA) is 72.5 Å². The first kappa shape index (κ1) is 28.3. The van der Waals surface area contributed by atoms with Crippen molar-refractivity contribution in [3.05, 3.63) is 12.7 Å². The van der Waals surface area contributed by atoms with E-state index in [0.29, 0.717) is 6.42 Å². The third-order valence-corrected chi connectivity index (χ3v) is 5.33. The molecule has 0 aliphatic rings. The van der Waals surface area contributed by atoms with Crippen LogP contribution >= 0.6 is 0 Å². The van der Waals surface area contributed by atoms with Gasteiger partial charge in [0.05, 0.1) is 5.75 Å². The van der Waals surface area contributed by atoms with E-state index >= 15 is 0 Å². The second-order valence-corrected chi connectivity index (χ2v) is 8.30. The molecule has 0 radical (unpaired) electrons. The number of hydrogen-bond donors (Lipinski definition) is 1. The molecule has 0 fully saturated rings. The van der Waals surface area contributed by atoms with E-state index in [9.17, 15) is 13.2 Å². The number of unbranched alkanes of at least 4 members (excludes halogenated alkanes) is 13. The molecule has 0 rings (SSSR count). The molecule has 0 aromatic rings. The summed E-state index contributed by atoms with van der Waals surface area (Å²) in [4.78, 5) is 10.8. The first-order valence-electron chi connectivity index (χ1n) is 9.85. The van der Waals surface area contributed by atoms with Gasteiger partial charge in [-0.2, -0.15) is 8.42 Å². The SMILES string of the molecule is C=CC(=O)NOS(=O)(=O)CCCCCCCCCCCCCCCC.[H-].[Na+]. The van der Waals surface area contributed by atoms with Gasteiger partial charge < -0.3 is 1.43 Å². The first-order chi connectivity index (χ1) is 12.0. The third-order valence-electron chi connectivity index (χ3n) is 4.20. The molecular formula is C19H38NNaO4S. The van der Waals surface area contributed by atoms with E-state index in [1.165, 1.54) is 64.2 Å². The molecule has 0 saturated carbocycles. The Bertz CT molecular complexity index is 447. The molecule has 0 bridgehead atoms. The van der Waals surface area contributed by atoms with Gasteiger partial charge in [-0.25, -0.2) is 5.48 Å². The minimum atomic E-state index is -3.68. The van der Waals surface area contributed by atoms with Crippen LogP contribution in [0.1, 0.15) is 98.2 Å². The van der Waals surface area contributed by atoms with Crippen LogP contribution in [-0.2, 0) is 19.2 Å². The van der Waals surface area contributed by atoms with E-state index in [4.69, 9.17) is 0 Å². The molecule has 7 heteroatoms. The first-order valence-corrected chi connectivity index (χ1v) is 11.4. The van der Waals surface area contributed by atoms with Crippen molar-refractivity contribution in [3.8, 4) is 0 Å². The summed E-state index contributed by atoms with van der Waals surface area (Å²) >= 11 is 0. The number of nitrogens with one attached hydrogen (secondary N) is 1. The van der Waals surface area contributed by atoms with Crippen LogP contribution in [-0.4, -0.2) is 20.1 Å². The van der Waals surface area contributed by atoms with E-state index in [2.05, 4.69) is 17.8 Å². The number of rotatable bonds is 18. The van der Waals surface area contributed by atoms with E-state index in [-0.39, 0.29) is 36.7 Å². The maximum atomic E-state index is 11.5. The smallest absolute Gasteiger partial charge is 1.00 e. The molecule has 26 heavy (non-hydrogen) atoms. The van der Waals surface area contributed by atoms with Crippen LogP contribution in [0.25, 0.3) is 0 Å². The maximum Gasteiger partial charge on any atom is 1.00 e. The zero-order valence-corrected chi connectivity index (χ0v) is 19.7. The molecule has 0 atom stereocenters. The molecular weight excluding hydrogens is 361 g/mol. The zero-order chi connectivity index (χ0) is 18.8. The standard InChI is InChI=1S/C19H37NO4S.Na.H/c1-3-5-6-7-8-9-10-11-12-13-14-15-16-17-18-25(22,23)24-20-19(21)4-2;;/h4H,2-3,5-18H2,1H3,(H,20,21);;/q;+1;-1. The van der Waals surface area contributed by atoms with Crippen LogP contribution in [0.3, 0.4) is 0 Å². The van der Waals surface area contributed by atoms with Gasteiger partial charge in [-0.15, -0.1) is 4.28 Å². The van der Waals surface area contributed by atoms with Crippen molar-refractivity contribution in [3.63, 3.8) is 0 Å². The summed E-state index contributed by atoms with van der Waals surface area (Å²) in [5.74, 6) is -0.729. The van der Waals surface area contributed by atoms with Crippen LogP contribution in [0.5, 0.6) is 0 Å². The Morgan fingerprint density at radius 2 is 1.27 bits per heavy atom. The van der Waals surface area contributed by atoms with Crippen molar-refractivity contribution in [2.24, 2.45) is 0 Å². The van der Waals surface area contributed by atoms with Gasteiger partial charge in [-0.05, 0) is 12.5 Å². The summed E-state index contributed by atoms with van der Waals surface area (Å²) in [6.45, 7) is 5.46. The van der Waals surface area contributed by atoms with Crippen LogP contribution < -0.4 is 35.0 Å². The minimum absolute atomic E-state index is 0.